The number of aliphatic carboxylic acids is 1. The summed E-state index contributed by atoms with van der Waals surface area (Å²) in [6, 6.07) is -0.148. The van der Waals surface area contributed by atoms with Gasteiger partial charge in [0.15, 0.2) is 0 Å². The van der Waals surface area contributed by atoms with Crippen LogP contribution in [0, 0.1) is 5.92 Å². The van der Waals surface area contributed by atoms with Gasteiger partial charge in [0, 0.05) is 33.6 Å². The molecule has 1 aliphatic heterocycles. The number of nitrogens with zero attached hydrogens (tertiary/aromatic N) is 2. The molecule has 0 unspecified atom stereocenters. The van der Waals surface area contributed by atoms with Gasteiger partial charge in [-0.1, -0.05) is 0 Å². The maximum absolute atomic E-state index is 12.1. The second-order valence-corrected chi connectivity index (χ2v) is 5.17. The van der Waals surface area contributed by atoms with Gasteiger partial charge in [0.1, 0.15) is 6.54 Å². The SMILES string of the molecule is CNC(=O)CN(C)C(=O)N1CCC(CCC(=O)O)CC1. The van der Waals surface area contributed by atoms with Gasteiger partial charge in [-0.25, -0.2) is 4.79 Å². The van der Waals surface area contributed by atoms with E-state index in [4.69, 9.17) is 5.11 Å². The molecular formula is C13H23N3O4. The molecule has 1 heterocycles. The highest BCUT2D eigenvalue weighted by molar-refractivity contribution is 5.83. The average Bonchev–Trinajstić information content (AvgIpc) is 2.44. The molecule has 0 aromatic carbocycles. The summed E-state index contributed by atoms with van der Waals surface area (Å²) in [5, 5.41) is 11.1. The monoisotopic (exact) mass is 285 g/mol. The number of hydrogen-bond acceptors (Lipinski definition) is 3. The van der Waals surface area contributed by atoms with Crippen LogP contribution in [0.1, 0.15) is 25.7 Å². The summed E-state index contributed by atoms with van der Waals surface area (Å²) in [4.78, 5) is 37.0. The first-order valence-electron chi connectivity index (χ1n) is 6.86. The molecule has 0 saturated carbocycles. The van der Waals surface area contributed by atoms with Crippen molar-refractivity contribution < 1.29 is 19.5 Å². The Hall–Kier alpha value is -1.79. The van der Waals surface area contributed by atoms with Crippen LogP contribution in [0.3, 0.4) is 0 Å². The van der Waals surface area contributed by atoms with Crippen molar-refractivity contribution in [3.63, 3.8) is 0 Å². The van der Waals surface area contributed by atoms with Crippen molar-refractivity contribution in [2.24, 2.45) is 5.92 Å². The molecule has 7 heteroatoms. The Labute approximate surface area is 118 Å². The van der Waals surface area contributed by atoms with E-state index in [0.717, 1.165) is 12.8 Å². The molecule has 0 spiro atoms. The van der Waals surface area contributed by atoms with Gasteiger partial charge >= 0.3 is 12.0 Å². The normalized spacial score (nSPS) is 15.8. The molecule has 0 bridgehead atoms. The van der Waals surface area contributed by atoms with Gasteiger partial charge in [-0.05, 0) is 25.2 Å². The number of carboxylic acid groups (broad SMARTS) is 1. The minimum absolute atomic E-state index is 0.0499. The van der Waals surface area contributed by atoms with Gasteiger partial charge in [-0.2, -0.15) is 0 Å². The van der Waals surface area contributed by atoms with Crippen LogP contribution < -0.4 is 5.32 Å². The Morgan fingerprint density at radius 1 is 1.30 bits per heavy atom. The summed E-state index contributed by atoms with van der Waals surface area (Å²) < 4.78 is 0. The minimum atomic E-state index is -0.770. The molecule has 20 heavy (non-hydrogen) atoms. The van der Waals surface area contributed by atoms with Crippen LogP contribution in [0.4, 0.5) is 4.79 Å². The van der Waals surface area contributed by atoms with Gasteiger partial charge in [-0.3, -0.25) is 9.59 Å². The Bertz CT molecular complexity index is 365. The molecule has 1 saturated heterocycles. The van der Waals surface area contributed by atoms with E-state index >= 15 is 0 Å². The Balaban J connectivity index is 2.35. The first-order chi connectivity index (χ1) is 9.43. The smallest absolute Gasteiger partial charge is 0.320 e. The maximum Gasteiger partial charge on any atom is 0.320 e. The van der Waals surface area contributed by atoms with Gasteiger partial charge in [0.05, 0.1) is 0 Å². The number of carboxylic acids is 1. The summed E-state index contributed by atoms with van der Waals surface area (Å²) >= 11 is 0. The lowest BCUT2D eigenvalue weighted by Gasteiger charge is -2.34. The van der Waals surface area contributed by atoms with E-state index in [9.17, 15) is 14.4 Å². The number of urea groups is 1. The lowest BCUT2D eigenvalue weighted by atomic mass is 9.92. The number of hydrogen-bond donors (Lipinski definition) is 2. The second kappa shape index (κ2) is 7.72. The van der Waals surface area contributed by atoms with Gasteiger partial charge in [0.2, 0.25) is 5.91 Å². The number of amides is 3. The van der Waals surface area contributed by atoms with E-state index in [1.807, 2.05) is 0 Å². The van der Waals surface area contributed by atoms with Crippen molar-refractivity contribution in [1.29, 1.82) is 0 Å². The molecule has 0 atom stereocenters. The van der Waals surface area contributed by atoms with Gasteiger partial charge in [0.25, 0.3) is 0 Å². The van der Waals surface area contributed by atoms with Crippen LogP contribution in [-0.2, 0) is 9.59 Å². The minimum Gasteiger partial charge on any atom is -0.481 e. The van der Waals surface area contributed by atoms with Crippen molar-refractivity contribution in [2.45, 2.75) is 25.7 Å². The van der Waals surface area contributed by atoms with E-state index in [1.165, 1.54) is 11.9 Å². The zero-order chi connectivity index (χ0) is 15.1. The molecule has 3 amide bonds. The van der Waals surface area contributed by atoms with Gasteiger partial charge in [-0.15, -0.1) is 0 Å². The first-order valence-corrected chi connectivity index (χ1v) is 6.86. The number of rotatable bonds is 5. The lowest BCUT2D eigenvalue weighted by Crippen LogP contribution is -2.47. The molecule has 114 valence electrons. The topological polar surface area (TPSA) is 90.0 Å². The predicted molar refractivity (Wildman–Crippen MR) is 73.3 cm³/mol. The zero-order valence-electron chi connectivity index (χ0n) is 12.1. The molecule has 0 radical (unpaired) electrons. The fraction of sp³-hybridized carbons (Fsp3) is 0.769. The first kappa shape index (κ1) is 16.3. The van der Waals surface area contributed by atoms with E-state index < -0.39 is 5.97 Å². The van der Waals surface area contributed by atoms with Crippen molar-refractivity contribution in [1.82, 2.24) is 15.1 Å². The molecule has 2 N–H and O–H groups in total. The highest BCUT2D eigenvalue weighted by Gasteiger charge is 2.25. The molecule has 1 rings (SSSR count). The van der Waals surface area contributed by atoms with E-state index in [1.54, 1.807) is 11.9 Å². The summed E-state index contributed by atoms with van der Waals surface area (Å²) in [5.74, 6) is -0.592. The van der Waals surface area contributed by atoms with Crippen LogP contribution >= 0.6 is 0 Å². The van der Waals surface area contributed by atoms with Crippen LogP contribution in [0.25, 0.3) is 0 Å². The molecule has 0 aromatic rings. The van der Waals surface area contributed by atoms with Crippen molar-refractivity contribution >= 4 is 17.9 Å². The van der Waals surface area contributed by atoms with Crippen LogP contribution in [0.5, 0.6) is 0 Å². The zero-order valence-corrected chi connectivity index (χ0v) is 12.1. The third-order valence-electron chi connectivity index (χ3n) is 3.64. The maximum atomic E-state index is 12.1. The Morgan fingerprint density at radius 3 is 2.40 bits per heavy atom. The lowest BCUT2D eigenvalue weighted by molar-refractivity contribution is -0.137. The van der Waals surface area contributed by atoms with E-state index in [-0.39, 0.29) is 24.9 Å². The number of piperidine rings is 1. The highest BCUT2D eigenvalue weighted by Crippen LogP contribution is 2.22. The van der Waals surface area contributed by atoms with Crippen molar-refractivity contribution in [3.05, 3.63) is 0 Å². The molecule has 1 aliphatic rings. The Kier molecular flexibility index (Phi) is 6.27. The quantitative estimate of drug-likeness (QED) is 0.763. The number of nitrogens with one attached hydrogen (secondary N) is 1. The standard InChI is InChI=1S/C13H23N3O4/c1-14-11(17)9-15(2)13(20)16-7-5-10(6-8-16)3-4-12(18)19/h10H,3-9H2,1-2H3,(H,14,17)(H,18,19). The highest BCUT2D eigenvalue weighted by atomic mass is 16.4. The molecule has 0 aliphatic carbocycles. The third-order valence-corrected chi connectivity index (χ3v) is 3.64. The predicted octanol–water partition coefficient (Wildman–Crippen LogP) is 0.361. The van der Waals surface area contributed by atoms with Crippen LogP contribution in [0.15, 0.2) is 0 Å². The molecule has 1 fully saturated rings. The summed E-state index contributed by atoms with van der Waals surface area (Å²) in [5.41, 5.74) is 0. The largest absolute Gasteiger partial charge is 0.481 e. The summed E-state index contributed by atoms with van der Waals surface area (Å²) in [7, 11) is 3.14. The number of likely N-dealkylation sites (tertiary alicyclic amines) is 1. The van der Waals surface area contributed by atoms with Gasteiger partial charge < -0.3 is 20.2 Å². The van der Waals surface area contributed by atoms with Crippen molar-refractivity contribution in [2.75, 3.05) is 33.7 Å². The van der Waals surface area contributed by atoms with Crippen LogP contribution in [0.2, 0.25) is 0 Å². The van der Waals surface area contributed by atoms with Crippen molar-refractivity contribution in [3.8, 4) is 0 Å². The molecule has 7 nitrogen and oxygen atoms in total. The number of likely N-dealkylation sites (N-methyl/N-ethyl adjacent to an activating group) is 2. The fourth-order valence-corrected chi connectivity index (χ4v) is 2.34. The fourth-order valence-electron chi connectivity index (χ4n) is 2.34. The number of carbonyl (C=O) groups excluding carboxylic acids is 2. The van der Waals surface area contributed by atoms with E-state index in [0.29, 0.717) is 25.4 Å². The van der Waals surface area contributed by atoms with Crippen LogP contribution in [-0.4, -0.2) is 66.5 Å². The third kappa shape index (κ3) is 5.07. The molecule has 0 aromatic heterocycles. The summed E-state index contributed by atoms with van der Waals surface area (Å²) in [6.07, 6.45) is 2.51. The second-order valence-electron chi connectivity index (χ2n) is 5.17. The summed E-state index contributed by atoms with van der Waals surface area (Å²) in [6.45, 7) is 1.30. The van der Waals surface area contributed by atoms with E-state index in [2.05, 4.69) is 5.32 Å². The molecular weight excluding hydrogens is 262 g/mol. The Morgan fingerprint density at radius 2 is 1.90 bits per heavy atom. The number of carbonyl (C=O) groups is 3. The average molecular weight is 285 g/mol.